The zero-order valence-electron chi connectivity index (χ0n) is 13.7. The summed E-state index contributed by atoms with van der Waals surface area (Å²) < 4.78 is 37.4. The molecule has 1 saturated heterocycles. The van der Waals surface area contributed by atoms with Gasteiger partial charge in [-0.3, -0.25) is 19.5 Å². The number of hydrogen-bond donors (Lipinski definition) is 0. The van der Waals surface area contributed by atoms with Gasteiger partial charge in [0.2, 0.25) is 0 Å². The van der Waals surface area contributed by atoms with Gasteiger partial charge in [-0.25, -0.2) is 0 Å². The molecule has 0 saturated carbocycles. The van der Waals surface area contributed by atoms with Crippen LogP contribution in [0.1, 0.15) is 24.9 Å². The van der Waals surface area contributed by atoms with E-state index in [1.54, 1.807) is 17.3 Å². The zero-order valence-corrected chi connectivity index (χ0v) is 14.5. The third-order valence-corrected chi connectivity index (χ3v) is 5.16. The first-order chi connectivity index (χ1) is 12.3. The molecule has 138 valence electrons. The van der Waals surface area contributed by atoms with Crippen molar-refractivity contribution < 1.29 is 22.8 Å². The van der Waals surface area contributed by atoms with E-state index >= 15 is 0 Å². The maximum Gasteiger partial charge on any atom is 0.455 e. The normalized spacial score (nSPS) is 15.9. The SMILES string of the molecule is O=C(c1ccc(C(=O)C(F)(F)F)s1)N1CCN(Cc2cccnc2)CC1. The standard InChI is InChI=1S/C17H16F3N3O2S/c18-17(19,20)15(24)13-3-4-14(26-13)16(25)23-8-6-22(7-9-23)11-12-2-1-5-21-10-12/h1-5,10H,6-9,11H2. The third kappa shape index (κ3) is 4.28. The molecule has 26 heavy (non-hydrogen) atoms. The van der Waals surface area contributed by atoms with Crippen LogP contribution in [-0.4, -0.2) is 58.8 Å². The molecular formula is C17H16F3N3O2S. The smallest absolute Gasteiger partial charge is 0.335 e. The van der Waals surface area contributed by atoms with Crippen LogP contribution >= 0.6 is 11.3 Å². The number of alkyl halides is 3. The molecule has 2 aromatic heterocycles. The number of carbonyl (C=O) groups excluding carboxylic acids is 2. The average molecular weight is 383 g/mol. The summed E-state index contributed by atoms with van der Waals surface area (Å²) in [5.41, 5.74) is 1.08. The van der Waals surface area contributed by atoms with Gasteiger partial charge in [0.25, 0.3) is 11.7 Å². The van der Waals surface area contributed by atoms with Gasteiger partial charge in [-0.15, -0.1) is 11.3 Å². The lowest BCUT2D eigenvalue weighted by molar-refractivity contribution is -0.0882. The molecule has 3 rings (SSSR count). The molecule has 1 amide bonds. The Kier molecular flexibility index (Phi) is 5.38. The second-order valence-corrected chi connectivity index (χ2v) is 7.00. The number of piperazine rings is 1. The minimum Gasteiger partial charge on any atom is -0.335 e. The maximum atomic E-state index is 12.5. The maximum absolute atomic E-state index is 12.5. The van der Waals surface area contributed by atoms with Crippen LogP contribution < -0.4 is 0 Å². The zero-order chi connectivity index (χ0) is 18.7. The fraction of sp³-hybridized carbons (Fsp3) is 0.353. The molecular weight excluding hydrogens is 367 g/mol. The second kappa shape index (κ2) is 7.55. The lowest BCUT2D eigenvalue weighted by Gasteiger charge is -2.34. The van der Waals surface area contributed by atoms with Crippen LogP contribution in [0.25, 0.3) is 0 Å². The largest absolute Gasteiger partial charge is 0.455 e. The van der Waals surface area contributed by atoms with Crippen LogP contribution in [-0.2, 0) is 6.54 Å². The minimum atomic E-state index is -4.93. The molecule has 0 unspecified atom stereocenters. The van der Waals surface area contributed by atoms with E-state index in [1.807, 2.05) is 12.1 Å². The van der Waals surface area contributed by atoms with Crippen LogP contribution in [0, 0.1) is 0 Å². The predicted molar refractivity (Wildman–Crippen MR) is 90.1 cm³/mol. The van der Waals surface area contributed by atoms with Crippen LogP contribution in [0.2, 0.25) is 0 Å². The molecule has 0 bridgehead atoms. The summed E-state index contributed by atoms with van der Waals surface area (Å²) in [5.74, 6) is -2.25. The Balaban J connectivity index is 1.57. The lowest BCUT2D eigenvalue weighted by atomic mass is 10.2. The number of rotatable bonds is 4. The topological polar surface area (TPSA) is 53.5 Å². The lowest BCUT2D eigenvalue weighted by Crippen LogP contribution is -2.48. The highest BCUT2D eigenvalue weighted by molar-refractivity contribution is 7.16. The molecule has 3 heterocycles. The Bertz CT molecular complexity index is 784. The van der Waals surface area contributed by atoms with Crippen molar-refractivity contribution in [3.63, 3.8) is 0 Å². The molecule has 0 atom stereocenters. The van der Waals surface area contributed by atoms with Crippen LogP contribution in [0.15, 0.2) is 36.7 Å². The first kappa shape index (κ1) is 18.5. The molecule has 0 aromatic carbocycles. The summed E-state index contributed by atoms with van der Waals surface area (Å²) in [6, 6.07) is 6.20. The second-order valence-electron chi connectivity index (χ2n) is 5.92. The van der Waals surface area contributed by atoms with Crippen molar-refractivity contribution in [1.82, 2.24) is 14.8 Å². The molecule has 2 aromatic rings. The van der Waals surface area contributed by atoms with E-state index < -0.39 is 16.8 Å². The summed E-state index contributed by atoms with van der Waals surface area (Å²) in [6.45, 7) is 3.04. The fourth-order valence-corrected chi connectivity index (χ4v) is 3.66. The van der Waals surface area contributed by atoms with Gasteiger partial charge >= 0.3 is 6.18 Å². The van der Waals surface area contributed by atoms with Crippen molar-refractivity contribution in [3.8, 4) is 0 Å². The van der Waals surface area contributed by atoms with Crippen LogP contribution in [0.3, 0.4) is 0 Å². The van der Waals surface area contributed by atoms with E-state index in [0.29, 0.717) is 37.5 Å². The first-order valence-electron chi connectivity index (χ1n) is 7.96. The Morgan fingerprint density at radius 3 is 2.38 bits per heavy atom. The number of hydrogen-bond acceptors (Lipinski definition) is 5. The molecule has 1 aliphatic rings. The molecule has 9 heteroatoms. The van der Waals surface area contributed by atoms with Gasteiger partial charge in [0, 0.05) is 45.1 Å². The number of nitrogens with zero attached hydrogens (tertiary/aromatic N) is 3. The van der Waals surface area contributed by atoms with Crippen LogP contribution in [0.5, 0.6) is 0 Å². The Hall–Kier alpha value is -2.26. The number of halogens is 3. The summed E-state index contributed by atoms with van der Waals surface area (Å²) in [7, 11) is 0. The number of pyridine rings is 1. The summed E-state index contributed by atoms with van der Waals surface area (Å²) in [6.07, 6.45) is -1.43. The van der Waals surface area contributed by atoms with Gasteiger partial charge in [-0.1, -0.05) is 6.07 Å². The minimum absolute atomic E-state index is 0.151. The highest BCUT2D eigenvalue weighted by Crippen LogP contribution is 2.27. The van der Waals surface area contributed by atoms with E-state index in [4.69, 9.17) is 0 Å². The van der Waals surface area contributed by atoms with Crippen molar-refractivity contribution in [2.24, 2.45) is 0 Å². The van der Waals surface area contributed by atoms with Crippen LogP contribution in [0.4, 0.5) is 13.2 Å². The van der Waals surface area contributed by atoms with Gasteiger partial charge < -0.3 is 4.90 Å². The number of carbonyl (C=O) groups is 2. The highest BCUT2D eigenvalue weighted by Gasteiger charge is 2.40. The molecule has 5 nitrogen and oxygen atoms in total. The molecule has 0 aliphatic carbocycles. The Labute approximate surface area is 152 Å². The van der Waals surface area contributed by atoms with Gasteiger partial charge in [0.15, 0.2) is 0 Å². The number of amides is 1. The average Bonchev–Trinajstić information content (AvgIpc) is 3.11. The van der Waals surface area contributed by atoms with E-state index in [0.717, 1.165) is 18.2 Å². The van der Waals surface area contributed by atoms with Gasteiger partial charge in [-0.05, 0) is 23.8 Å². The third-order valence-electron chi connectivity index (χ3n) is 4.09. The first-order valence-corrected chi connectivity index (χ1v) is 8.78. The quantitative estimate of drug-likeness (QED) is 0.762. The molecule has 0 radical (unpaired) electrons. The van der Waals surface area contributed by atoms with E-state index in [1.165, 1.54) is 6.07 Å². The molecule has 0 spiro atoms. The van der Waals surface area contributed by atoms with Crippen molar-refractivity contribution >= 4 is 23.0 Å². The number of thiophene rings is 1. The van der Waals surface area contributed by atoms with E-state index in [2.05, 4.69) is 9.88 Å². The Morgan fingerprint density at radius 1 is 1.08 bits per heavy atom. The molecule has 1 aliphatic heterocycles. The van der Waals surface area contributed by atoms with Gasteiger partial charge in [0.05, 0.1) is 9.75 Å². The predicted octanol–water partition coefficient (Wildman–Crippen LogP) is 2.85. The summed E-state index contributed by atoms with van der Waals surface area (Å²) in [5, 5.41) is 0. The number of Topliss-reactive ketones (excluding diaryl/α,β-unsaturated/α-hetero) is 1. The molecule has 1 fully saturated rings. The fourth-order valence-electron chi connectivity index (χ4n) is 2.73. The number of ketones is 1. The monoisotopic (exact) mass is 383 g/mol. The van der Waals surface area contributed by atoms with Crippen molar-refractivity contribution in [2.75, 3.05) is 26.2 Å². The Morgan fingerprint density at radius 2 is 1.77 bits per heavy atom. The highest BCUT2D eigenvalue weighted by atomic mass is 32.1. The van der Waals surface area contributed by atoms with E-state index in [9.17, 15) is 22.8 Å². The summed E-state index contributed by atoms with van der Waals surface area (Å²) in [4.78, 5) is 31.3. The van der Waals surface area contributed by atoms with Crippen molar-refractivity contribution in [2.45, 2.75) is 12.7 Å². The van der Waals surface area contributed by atoms with Gasteiger partial charge in [0.1, 0.15) is 0 Å². The van der Waals surface area contributed by atoms with Crippen molar-refractivity contribution in [1.29, 1.82) is 0 Å². The van der Waals surface area contributed by atoms with Crippen molar-refractivity contribution in [3.05, 3.63) is 52.0 Å². The van der Waals surface area contributed by atoms with E-state index in [-0.39, 0.29) is 10.8 Å². The summed E-state index contributed by atoms with van der Waals surface area (Å²) >= 11 is 0.590. The number of aromatic nitrogens is 1. The van der Waals surface area contributed by atoms with Gasteiger partial charge in [-0.2, -0.15) is 13.2 Å². The molecule has 0 N–H and O–H groups in total.